The van der Waals surface area contributed by atoms with Crippen molar-refractivity contribution in [2.75, 3.05) is 13.1 Å². The maximum Gasteiger partial charge on any atom is 0.433 e. The summed E-state index contributed by atoms with van der Waals surface area (Å²) >= 11 is 1.71. The number of nitro groups is 1. The third kappa shape index (κ3) is 3.00. The molecule has 7 nitrogen and oxygen atoms in total. The van der Waals surface area contributed by atoms with E-state index in [0.717, 1.165) is 23.4 Å². The second-order valence-electron chi connectivity index (χ2n) is 5.98. The smallest absolute Gasteiger partial charge is 0.395 e. The van der Waals surface area contributed by atoms with Gasteiger partial charge in [-0.05, 0) is 31.0 Å². The minimum Gasteiger partial charge on any atom is -0.395 e. The summed E-state index contributed by atoms with van der Waals surface area (Å²) in [5.74, 6) is -0.346. The van der Waals surface area contributed by atoms with Crippen LogP contribution in [0.25, 0.3) is 10.2 Å². The van der Waals surface area contributed by atoms with Crippen LogP contribution in [0.15, 0.2) is 40.8 Å². The molecule has 1 amide bonds. The van der Waals surface area contributed by atoms with Gasteiger partial charge in [0.1, 0.15) is 4.92 Å². The fourth-order valence-electron chi connectivity index (χ4n) is 3.09. The number of likely N-dealkylation sites (tertiary alicyclic amines) is 1. The van der Waals surface area contributed by atoms with E-state index < -0.39 is 10.8 Å². The minimum absolute atomic E-state index is 0.0186. The molecule has 128 valence electrons. The molecular weight excluding hydrogens is 342 g/mol. The fourth-order valence-corrected chi connectivity index (χ4v) is 4.23. The molecule has 3 aromatic rings. The van der Waals surface area contributed by atoms with Crippen LogP contribution in [-0.2, 0) is 0 Å². The van der Waals surface area contributed by atoms with Gasteiger partial charge in [-0.25, -0.2) is 4.98 Å². The molecule has 1 aliphatic heterocycles. The van der Waals surface area contributed by atoms with Crippen molar-refractivity contribution in [1.82, 2.24) is 9.88 Å². The van der Waals surface area contributed by atoms with Crippen LogP contribution in [0.3, 0.4) is 0 Å². The zero-order chi connectivity index (χ0) is 17.4. The van der Waals surface area contributed by atoms with E-state index in [2.05, 4.69) is 6.07 Å². The standard InChI is InChI=1S/C17H15N3O4S/c21-17(13-5-6-15(24-13)20(22)23)19-9-7-11(8-10-19)16-18-12-3-1-2-4-14(12)25-16/h1-6,11H,7-10H2. The number of carbonyl (C=O) groups excluding carboxylic acids is 1. The normalized spacial score (nSPS) is 15.6. The van der Waals surface area contributed by atoms with E-state index in [9.17, 15) is 14.9 Å². The number of hydrogen-bond acceptors (Lipinski definition) is 6. The van der Waals surface area contributed by atoms with Crippen LogP contribution in [0, 0.1) is 10.1 Å². The molecule has 1 fully saturated rings. The highest BCUT2D eigenvalue weighted by molar-refractivity contribution is 7.18. The third-order valence-electron chi connectivity index (χ3n) is 4.42. The average molecular weight is 357 g/mol. The molecule has 1 saturated heterocycles. The number of aromatic nitrogens is 1. The molecule has 2 aromatic heterocycles. The zero-order valence-corrected chi connectivity index (χ0v) is 14.1. The summed E-state index contributed by atoms with van der Waals surface area (Å²) in [5.41, 5.74) is 1.02. The summed E-state index contributed by atoms with van der Waals surface area (Å²) in [5, 5.41) is 11.8. The number of furan rings is 1. The van der Waals surface area contributed by atoms with E-state index in [0.29, 0.717) is 19.0 Å². The predicted octanol–water partition coefficient (Wildman–Crippen LogP) is 3.82. The van der Waals surface area contributed by atoms with Gasteiger partial charge in [0.05, 0.1) is 21.3 Å². The molecule has 0 N–H and O–H groups in total. The number of rotatable bonds is 3. The molecule has 4 rings (SSSR count). The van der Waals surface area contributed by atoms with Crippen molar-refractivity contribution in [3.8, 4) is 0 Å². The molecule has 8 heteroatoms. The molecular formula is C17H15N3O4S. The van der Waals surface area contributed by atoms with Crippen molar-refractivity contribution >= 4 is 33.3 Å². The lowest BCUT2D eigenvalue weighted by molar-refractivity contribution is -0.402. The van der Waals surface area contributed by atoms with Crippen LogP contribution in [0.4, 0.5) is 5.88 Å². The number of para-hydroxylation sites is 1. The van der Waals surface area contributed by atoms with Crippen molar-refractivity contribution < 1.29 is 14.1 Å². The molecule has 0 atom stereocenters. The van der Waals surface area contributed by atoms with E-state index in [4.69, 9.17) is 9.40 Å². The Balaban J connectivity index is 1.43. The Kier molecular flexibility index (Phi) is 3.96. The number of fused-ring (bicyclic) bond motifs is 1. The Morgan fingerprint density at radius 3 is 2.68 bits per heavy atom. The van der Waals surface area contributed by atoms with Gasteiger partial charge in [-0.2, -0.15) is 0 Å². The SMILES string of the molecule is O=C(c1ccc([N+](=O)[O-])o1)N1CCC(c2nc3ccccc3s2)CC1. The van der Waals surface area contributed by atoms with Gasteiger partial charge in [0, 0.05) is 19.0 Å². The summed E-state index contributed by atoms with van der Waals surface area (Å²) < 4.78 is 6.19. The van der Waals surface area contributed by atoms with Gasteiger partial charge in [0.25, 0.3) is 5.91 Å². The van der Waals surface area contributed by atoms with Gasteiger partial charge in [0.2, 0.25) is 0 Å². The number of thiazole rings is 1. The fraction of sp³-hybridized carbons (Fsp3) is 0.294. The molecule has 1 aromatic carbocycles. The van der Waals surface area contributed by atoms with Crippen LogP contribution in [0.5, 0.6) is 0 Å². The molecule has 0 spiro atoms. The Bertz CT molecular complexity index is 907. The third-order valence-corrected chi connectivity index (χ3v) is 5.62. The maximum atomic E-state index is 12.4. The molecule has 3 heterocycles. The summed E-state index contributed by atoms with van der Waals surface area (Å²) in [6.45, 7) is 1.18. The lowest BCUT2D eigenvalue weighted by atomic mass is 9.97. The first-order chi connectivity index (χ1) is 12.1. The molecule has 1 aliphatic rings. The number of nitrogens with zero attached hydrogens (tertiary/aromatic N) is 3. The lowest BCUT2D eigenvalue weighted by Crippen LogP contribution is -2.37. The number of benzene rings is 1. The Hall–Kier alpha value is -2.74. The molecule has 0 radical (unpaired) electrons. The summed E-state index contributed by atoms with van der Waals surface area (Å²) in [6, 6.07) is 10.6. The van der Waals surface area contributed by atoms with Crippen molar-refractivity contribution in [2.45, 2.75) is 18.8 Å². The highest BCUT2D eigenvalue weighted by atomic mass is 32.1. The van der Waals surface area contributed by atoms with Crippen molar-refractivity contribution in [3.05, 3.63) is 57.3 Å². The van der Waals surface area contributed by atoms with Gasteiger partial charge < -0.3 is 9.32 Å². The van der Waals surface area contributed by atoms with E-state index in [1.54, 1.807) is 16.2 Å². The van der Waals surface area contributed by atoms with Gasteiger partial charge in [-0.15, -0.1) is 11.3 Å². The van der Waals surface area contributed by atoms with Crippen molar-refractivity contribution in [1.29, 1.82) is 0 Å². The van der Waals surface area contributed by atoms with Crippen LogP contribution in [0.2, 0.25) is 0 Å². The number of carbonyl (C=O) groups is 1. The second-order valence-corrected chi connectivity index (χ2v) is 7.04. The first-order valence-corrected chi connectivity index (χ1v) is 8.82. The quantitative estimate of drug-likeness (QED) is 0.525. The highest BCUT2D eigenvalue weighted by Gasteiger charge is 2.28. The maximum absolute atomic E-state index is 12.4. The average Bonchev–Trinajstić information content (AvgIpc) is 3.28. The van der Waals surface area contributed by atoms with Crippen molar-refractivity contribution in [3.63, 3.8) is 0 Å². The number of hydrogen-bond donors (Lipinski definition) is 0. The monoisotopic (exact) mass is 357 g/mol. The van der Waals surface area contributed by atoms with E-state index in [1.807, 2.05) is 18.2 Å². The largest absolute Gasteiger partial charge is 0.433 e. The first-order valence-electron chi connectivity index (χ1n) is 8.01. The molecule has 0 aliphatic carbocycles. The summed E-state index contributed by atoms with van der Waals surface area (Å²) in [7, 11) is 0. The van der Waals surface area contributed by atoms with Gasteiger partial charge >= 0.3 is 5.88 Å². The Morgan fingerprint density at radius 2 is 2.00 bits per heavy atom. The summed E-state index contributed by atoms with van der Waals surface area (Å²) in [6.07, 6.45) is 1.66. The molecule has 0 unspecified atom stereocenters. The highest BCUT2D eigenvalue weighted by Crippen LogP contribution is 2.34. The molecule has 25 heavy (non-hydrogen) atoms. The van der Waals surface area contributed by atoms with Gasteiger partial charge in [0.15, 0.2) is 5.76 Å². The molecule has 0 bridgehead atoms. The van der Waals surface area contributed by atoms with Crippen LogP contribution in [-0.4, -0.2) is 33.8 Å². The first kappa shape index (κ1) is 15.8. The topological polar surface area (TPSA) is 89.5 Å². The van der Waals surface area contributed by atoms with Crippen LogP contribution in [0.1, 0.15) is 34.3 Å². The summed E-state index contributed by atoms with van der Waals surface area (Å²) in [4.78, 5) is 28.8. The Labute approximate surface area is 147 Å². The number of amides is 1. The van der Waals surface area contributed by atoms with E-state index >= 15 is 0 Å². The van der Waals surface area contributed by atoms with Crippen LogP contribution >= 0.6 is 11.3 Å². The minimum atomic E-state index is -0.643. The van der Waals surface area contributed by atoms with Crippen LogP contribution < -0.4 is 0 Å². The second kappa shape index (κ2) is 6.29. The van der Waals surface area contributed by atoms with Gasteiger partial charge in [-0.3, -0.25) is 14.9 Å². The predicted molar refractivity (Wildman–Crippen MR) is 92.9 cm³/mol. The van der Waals surface area contributed by atoms with E-state index in [1.165, 1.54) is 16.8 Å². The number of piperidine rings is 1. The molecule has 0 saturated carbocycles. The zero-order valence-electron chi connectivity index (χ0n) is 13.3. The van der Waals surface area contributed by atoms with E-state index in [-0.39, 0.29) is 11.7 Å². The van der Waals surface area contributed by atoms with Crippen molar-refractivity contribution in [2.24, 2.45) is 0 Å². The van der Waals surface area contributed by atoms with Gasteiger partial charge in [-0.1, -0.05) is 12.1 Å². The Morgan fingerprint density at radius 1 is 1.24 bits per heavy atom. The lowest BCUT2D eigenvalue weighted by Gasteiger charge is -2.30.